The summed E-state index contributed by atoms with van der Waals surface area (Å²) in [4.78, 5) is 3.99. The lowest BCUT2D eigenvalue weighted by Gasteiger charge is -2.11. The number of hydrogen-bond donors (Lipinski definition) is 1. The maximum Gasteiger partial charge on any atom is 0.163 e. The largest absolute Gasteiger partial charge is 0.382 e. The van der Waals surface area contributed by atoms with Gasteiger partial charge in [0.2, 0.25) is 0 Å². The van der Waals surface area contributed by atoms with Crippen LogP contribution in [-0.4, -0.2) is 11.5 Å². The molecule has 0 saturated heterocycles. The molecule has 3 nitrogen and oxygen atoms in total. The Kier molecular flexibility index (Phi) is 2.12. The van der Waals surface area contributed by atoms with Crippen LogP contribution in [0.4, 0.5) is 5.69 Å². The van der Waals surface area contributed by atoms with Crippen molar-refractivity contribution in [2.24, 2.45) is 5.41 Å². The molecule has 1 aliphatic carbocycles. The summed E-state index contributed by atoms with van der Waals surface area (Å²) < 4.78 is 0. The van der Waals surface area contributed by atoms with Gasteiger partial charge in [-0.2, -0.15) is 5.26 Å². The summed E-state index contributed by atoms with van der Waals surface area (Å²) >= 11 is 0. The van der Waals surface area contributed by atoms with Crippen LogP contribution in [0.3, 0.4) is 0 Å². The van der Waals surface area contributed by atoms with Crippen LogP contribution < -0.4 is 5.32 Å². The average Bonchev–Trinajstić information content (AvgIpc) is 2.95. The van der Waals surface area contributed by atoms with Gasteiger partial charge >= 0.3 is 0 Å². The van der Waals surface area contributed by atoms with Crippen molar-refractivity contribution >= 4 is 5.69 Å². The van der Waals surface area contributed by atoms with Crippen molar-refractivity contribution in [2.45, 2.75) is 19.8 Å². The van der Waals surface area contributed by atoms with Gasteiger partial charge in [-0.25, -0.2) is 4.98 Å². The lowest BCUT2D eigenvalue weighted by Crippen LogP contribution is -2.12. The van der Waals surface area contributed by atoms with Gasteiger partial charge in [0, 0.05) is 12.7 Å². The van der Waals surface area contributed by atoms with E-state index < -0.39 is 0 Å². The Morgan fingerprint density at radius 3 is 3.07 bits per heavy atom. The highest BCUT2D eigenvalue weighted by atomic mass is 14.9. The average molecular weight is 187 g/mol. The molecule has 0 aliphatic heterocycles. The zero-order chi connectivity index (χ0) is 10.0. The van der Waals surface area contributed by atoms with Crippen LogP contribution >= 0.6 is 0 Å². The number of aromatic nitrogens is 1. The van der Waals surface area contributed by atoms with Crippen molar-refractivity contribution in [3.8, 4) is 6.07 Å². The maximum absolute atomic E-state index is 8.81. The fraction of sp³-hybridized carbons (Fsp3) is 0.455. The third-order valence-corrected chi connectivity index (χ3v) is 2.72. The Bertz CT molecular complexity index is 374. The monoisotopic (exact) mass is 187 g/mol. The lowest BCUT2D eigenvalue weighted by atomic mass is 10.1. The molecule has 0 bridgehead atoms. The Morgan fingerprint density at radius 2 is 2.43 bits per heavy atom. The topological polar surface area (TPSA) is 48.7 Å². The molecule has 0 spiro atoms. The number of nitrogens with zero attached hydrogens (tertiary/aromatic N) is 2. The molecule has 14 heavy (non-hydrogen) atoms. The summed E-state index contributed by atoms with van der Waals surface area (Å²) in [5, 5.41) is 12.1. The molecule has 1 saturated carbocycles. The van der Waals surface area contributed by atoms with E-state index in [0.29, 0.717) is 11.1 Å². The number of nitrogens with one attached hydrogen (secondary N) is 1. The van der Waals surface area contributed by atoms with Crippen molar-refractivity contribution in [3.63, 3.8) is 0 Å². The van der Waals surface area contributed by atoms with Crippen molar-refractivity contribution in [1.29, 1.82) is 5.26 Å². The molecular formula is C11H13N3. The van der Waals surface area contributed by atoms with Crippen molar-refractivity contribution in [3.05, 3.63) is 24.0 Å². The first-order valence-corrected chi connectivity index (χ1v) is 4.82. The highest BCUT2D eigenvalue weighted by Crippen LogP contribution is 2.44. The number of rotatable bonds is 3. The number of pyridine rings is 1. The normalized spacial score (nSPS) is 17.1. The maximum atomic E-state index is 8.81. The van der Waals surface area contributed by atoms with Crippen molar-refractivity contribution < 1.29 is 0 Å². The van der Waals surface area contributed by atoms with Crippen LogP contribution in [0, 0.1) is 16.7 Å². The zero-order valence-electron chi connectivity index (χ0n) is 8.25. The van der Waals surface area contributed by atoms with E-state index >= 15 is 0 Å². The molecule has 72 valence electrons. The summed E-state index contributed by atoms with van der Waals surface area (Å²) in [6, 6.07) is 5.82. The molecule has 3 heteroatoms. The molecule has 1 aromatic heterocycles. The molecule has 0 radical (unpaired) electrons. The van der Waals surface area contributed by atoms with Crippen LogP contribution in [0.15, 0.2) is 18.3 Å². The number of anilines is 1. The van der Waals surface area contributed by atoms with E-state index in [2.05, 4.69) is 23.3 Å². The fourth-order valence-corrected chi connectivity index (χ4v) is 1.34. The summed E-state index contributed by atoms with van der Waals surface area (Å²) in [5.74, 6) is 0. The standard InChI is InChI=1S/C11H13N3/c1-11(4-5-11)8-14-9-3-2-6-13-10(9)7-12/h2-3,6,14H,4-5,8H2,1H3. The number of hydrogen-bond acceptors (Lipinski definition) is 3. The van der Waals surface area contributed by atoms with Crippen LogP contribution in [0.1, 0.15) is 25.5 Å². The molecule has 1 aliphatic rings. The minimum atomic E-state index is 0.447. The van der Waals surface area contributed by atoms with Gasteiger partial charge in [0.05, 0.1) is 5.69 Å². The first kappa shape index (κ1) is 9.01. The van der Waals surface area contributed by atoms with E-state index in [4.69, 9.17) is 5.26 Å². The quantitative estimate of drug-likeness (QED) is 0.788. The van der Waals surface area contributed by atoms with E-state index in [1.165, 1.54) is 12.8 Å². The third-order valence-electron chi connectivity index (χ3n) is 2.72. The Labute approximate surface area is 83.8 Å². The number of nitriles is 1. The predicted molar refractivity (Wildman–Crippen MR) is 54.8 cm³/mol. The zero-order valence-corrected chi connectivity index (χ0v) is 8.25. The fourth-order valence-electron chi connectivity index (χ4n) is 1.34. The first-order valence-electron chi connectivity index (χ1n) is 4.82. The van der Waals surface area contributed by atoms with Gasteiger partial charge in [-0.05, 0) is 30.4 Å². The second-order valence-corrected chi connectivity index (χ2v) is 4.18. The first-order chi connectivity index (χ1) is 6.73. The van der Waals surface area contributed by atoms with Gasteiger partial charge < -0.3 is 5.32 Å². The summed E-state index contributed by atoms with van der Waals surface area (Å²) in [6.45, 7) is 3.19. The van der Waals surface area contributed by atoms with Gasteiger partial charge in [0.25, 0.3) is 0 Å². The summed E-state index contributed by atoms with van der Waals surface area (Å²) in [7, 11) is 0. The van der Waals surface area contributed by atoms with Crippen LogP contribution in [-0.2, 0) is 0 Å². The molecule has 1 heterocycles. The van der Waals surface area contributed by atoms with E-state index in [1.54, 1.807) is 6.20 Å². The summed E-state index contributed by atoms with van der Waals surface area (Å²) in [6.07, 6.45) is 4.20. The van der Waals surface area contributed by atoms with Crippen LogP contribution in [0.25, 0.3) is 0 Å². The van der Waals surface area contributed by atoms with E-state index in [-0.39, 0.29) is 0 Å². The van der Waals surface area contributed by atoms with Gasteiger partial charge in [0.1, 0.15) is 6.07 Å². The molecule has 0 atom stereocenters. The summed E-state index contributed by atoms with van der Waals surface area (Å²) in [5.41, 5.74) is 1.78. The molecular weight excluding hydrogens is 174 g/mol. The van der Waals surface area contributed by atoms with Gasteiger partial charge in [0.15, 0.2) is 5.69 Å². The Hall–Kier alpha value is -1.56. The SMILES string of the molecule is CC1(CNc2cccnc2C#N)CC1. The molecule has 0 aromatic carbocycles. The molecule has 1 N–H and O–H groups in total. The predicted octanol–water partition coefficient (Wildman–Crippen LogP) is 2.17. The molecule has 0 amide bonds. The second-order valence-electron chi connectivity index (χ2n) is 4.18. The van der Waals surface area contributed by atoms with Crippen LogP contribution in [0.5, 0.6) is 0 Å². The lowest BCUT2D eigenvalue weighted by molar-refractivity contribution is 0.610. The highest BCUT2D eigenvalue weighted by Gasteiger charge is 2.36. The third kappa shape index (κ3) is 1.85. The second kappa shape index (κ2) is 3.30. The van der Waals surface area contributed by atoms with Crippen LogP contribution in [0.2, 0.25) is 0 Å². The van der Waals surface area contributed by atoms with E-state index in [9.17, 15) is 0 Å². The molecule has 0 unspecified atom stereocenters. The van der Waals surface area contributed by atoms with Crippen molar-refractivity contribution in [1.82, 2.24) is 4.98 Å². The van der Waals surface area contributed by atoms with E-state index in [1.807, 2.05) is 12.1 Å². The van der Waals surface area contributed by atoms with Gasteiger partial charge in [-0.1, -0.05) is 6.92 Å². The minimum absolute atomic E-state index is 0.447. The highest BCUT2D eigenvalue weighted by molar-refractivity contribution is 5.53. The van der Waals surface area contributed by atoms with Crippen molar-refractivity contribution in [2.75, 3.05) is 11.9 Å². The van der Waals surface area contributed by atoms with Gasteiger partial charge in [-0.15, -0.1) is 0 Å². The Balaban J connectivity index is 2.05. The minimum Gasteiger partial charge on any atom is -0.382 e. The smallest absolute Gasteiger partial charge is 0.163 e. The molecule has 1 fully saturated rings. The molecule has 2 rings (SSSR count). The molecule has 1 aromatic rings. The van der Waals surface area contributed by atoms with Gasteiger partial charge in [-0.3, -0.25) is 0 Å². The Morgan fingerprint density at radius 1 is 1.64 bits per heavy atom. The van der Waals surface area contributed by atoms with E-state index in [0.717, 1.165) is 12.2 Å².